The summed E-state index contributed by atoms with van der Waals surface area (Å²) in [7, 11) is -4.09. The zero-order chi connectivity index (χ0) is 23.7. The van der Waals surface area contributed by atoms with E-state index in [0.29, 0.717) is 4.47 Å². The largest absolute Gasteiger partial charge is 0.465 e. The quantitative estimate of drug-likeness (QED) is 0.466. The molecule has 0 bridgehead atoms. The minimum Gasteiger partial charge on any atom is -0.465 e. The molecule has 3 rings (SSSR count). The number of carbonyl (C=O) groups is 1. The molecule has 0 aliphatic rings. The molecular weight excluding hydrogens is 503 g/mol. The van der Waals surface area contributed by atoms with Crippen molar-refractivity contribution in [3.63, 3.8) is 0 Å². The van der Waals surface area contributed by atoms with Crippen molar-refractivity contribution < 1.29 is 22.7 Å². The number of benzene rings is 1. The third kappa shape index (κ3) is 5.16. The molecule has 1 unspecified atom stereocenters. The smallest absolute Gasteiger partial charge is 0.404 e. The number of nitrogens with one attached hydrogen (secondary N) is 1. The third-order valence-electron chi connectivity index (χ3n) is 4.83. The molecule has 0 radical (unpaired) electrons. The van der Waals surface area contributed by atoms with Crippen LogP contribution in [-0.2, 0) is 16.3 Å². The van der Waals surface area contributed by atoms with Gasteiger partial charge < -0.3 is 10.4 Å². The molecular formula is C21H22BrFN4O4S. The van der Waals surface area contributed by atoms with E-state index in [1.807, 2.05) is 20.8 Å². The summed E-state index contributed by atoms with van der Waals surface area (Å²) in [6.07, 6.45) is 0.147. The number of rotatable bonds is 6. The van der Waals surface area contributed by atoms with Gasteiger partial charge in [0, 0.05) is 23.1 Å². The number of amides is 1. The van der Waals surface area contributed by atoms with Crippen molar-refractivity contribution in [1.29, 1.82) is 0 Å². The topological polar surface area (TPSA) is 114 Å². The lowest BCUT2D eigenvalue weighted by atomic mass is 9.84. The van der Waals surface area contributed by atoms with Crippen molar-refractivity contribution in [2.45, 2.75) is 43.2 Å². The van der Waals surface area contributed by atoms with E-state index in [9.17, 15) is 22.7 Å². The van der Waals surface area contributed by atoms with E-state index in [0.717, 1.165) is 4.68 Å². The predicted octanol–water partition coefficient (Wildman–Crippen LogP) is 4.23. The van der Waals surface area contributed by atoms with Gasteiger partial charge in [0.1, 0.15) is 5.69 Å². The highest BCUT2D eigenvalue weighted by Gasteiger charge is 2.31. The Morgan fingerprint density at radius 3 is 2.56 bits per heavy atom. The van der Waals surface area contributed by atoms with Crippen LogP contribution in [0.25, 0.3) is 5.69 Å². The second-order valence-electron chi connectivity index (χ2n) is 8.23. The van der Waals surface area contributed by atoms with Crippen LogP contribution in [0.1, 0.15) is 26.5 Å². The van der Waals surface area contributed by atoms with Gasteiger partial charge in [0.25, 0.3) is 0 Å². The summed E-state index contributed by atoms with van der Waals surface area (Å²) in [5, 5.41) is 15.7. The Balaban J connectivity index is 2.17. The molecule has 1 aromatic carbocycles. The average Bonchev–Trinajstić information content (AvgIpc) is 3.11. The molecule has 2 N–H and O–H groups in total. The molecule has 0 aliphatic carbocycles. The van der Waals surface area contributed by atoms with Gasteiger partial charge in [-0.3, -0.25) is 0 Å². The highest BCUT2D eigenvalue weighted by Crippen LogP contribution is 2.29. The minimum absolute atomic E-state index is 0.0000872. The highest BCUT2D eigenvalue weighted by molar-refractivity contribution is 9.10. The Bertz CT molecular complexity index is 1250. The molecule has 0 fully saturated rings. The maximum absolute atomic E-state index is 14.5. The van der Waals surface area contributed by atoms with E-state index in [2.05, 4.69) is 31.3 Å². The molecule has 0 saturated heterocycles. The van der Waals surface area contributed by atoms with E-state index < -0.39 is 33.3 Å². The van der Waals surface area contributed by atoms with Gasteiger partial charge in [0.15, 0.2) is 5.03 Å². The molecule has 0 saturated carbocycles. The Labute approximate surface area is 193 Å². The molecule has 1 atom stereocenters. The molecule has 11 heteroatoms. The normalized spacial score (nSPS) is 13.0. The summed E-state index contributed by atoms with van der Waals surface area (Å²) in [5.41, 5.74) is -0.327. The minimum atomic E-state index is -4.09. The van der Waals surface area contributed by atoms with E-state index in [-0.39, 0.29) is 27.7 Å². The summed E-state index contributed by atoms with van der Waals surface area (Å²) in [6, 6.07) is 9.75. The molecule has 0 spiro atoms. The second-order valence-corrected chi connectivity index (χ2v) is 11.0. The van der Waals surface area contributed by atoms with Crippen molar-refractivity contribution >= 4 is 31.9 Å². The van der Waals surface area contributed by atoms with Gasteiger partial charge >= 0.3 is 6.09 Å². The fourth-order valence-corrected chi connectivity index (χ4v) is 5.09. The Kier molecular flexibility index (Phi) is 6.70. The third-order valence-corrected chi connectivity index (χ3v) is 7.04. The number of carboxylic acid groups (broad SMARTS) is 1. The first-order valence-electron chi connectivity index (χ1n) is 9.59. The number of pyridine rings is 1. The molecule has 0 aliphatic heterocycles. The van der Waals surface area contributed by atoms with Crippen LogP contribution in [0.2, 0.25) is 0 Å². The SMILES string of the molecule is CC(C)(C)C(Cc1cc(S(=O)(=O)c2cccc(Br)c2)n(-c2cccnc2F)n1)NC(=O)O. The zero-order valence-corrected chi connectivity index (χ0v) is 20.0. The highest BCUT2D eigenvalue weighted by atomic mass is 79.9. The maximum atomic E-state index is 14.5. The van der Waals surface area contributed by atoms with E-state index in [1.165, 1.54) is 36.5 Å². The van der Waals surface area contributed by atoms with Gasteiger partial charge in [-0.15, -0.1) is 0 Å². The first-order chi connectivity index (χ1) is 14.9. The van der Waals surface area contributed by atoms with Crippen molar-refractivity contribution in [3.05, 3.63) is 64.8 Å². The Morgan fingerprint density at radius 1 is 1.25 bits per heavy atom. The monoisotopic (exact) mass is 524 g/mol. The zero-order valence-electron chi connectivity index (χ0n) is 17.6. The van der Waals surface area contributed by atoms with Crippen molar-refractivity contribution in [2.24, 2.45) is 5.41 Å². The molecule has 32 heavy (non-hydrogen) atoms. The summed E-state index contributed by atoms with van der Waals surface area (Å²) in [4.78, 5) is 14.9. The second kappa shape index (κ2) is 8.99. The van der Waals surface area contributed by atoms with Gasteiger partial charge in [-0.25, -0.2) is 22.9 Å². The standard InChI is InChI=1S/C21H22BrFN4O4S/c1-21(2,3)17(25-20(28)29)11-14-12-18(27(26-14)16-8-5-9-24-19(16)23)32(30,31)15-7-4-6-13(22)10-15/h4-10,12,17,25H,11H2,1-3H3,(H,28,29). The molecule has 3 aromatic rings. The number of aromatic nitrogens is 3. The molecule has 170 valence electrons. The maximum Gasteiger partial charge on any atom is 0.404 e. The summed E-state index contributed by atoms with van der Waals surface area (Å²) in [6.45, 7) is 5.56. The lowest BCUT2D eigenvalue weighted by molar-refractivity contribution is 0.174. The van der Waals surface area contributed by atoms with Crippen LogP contribution in [0.4, 0.5) is 9.18 Å². The van der Waals surface area contributed by atoms with Gasteiger partial charge in [0.2, 0.25) is 15.8 Å². The van der Waals surface area contributed by atoms with Crippen LogP contribution in [0.3, 0.4) is 0 Å². The number of hydrogen-bond acceptors (Lipinski definition) is 5. The lowest BCUT2D eigenvalue weighted by Crippen LogP contribution is -2.44. The Hall–Kier alpha value is -2.79. The predicted molar refractivity (Wildman–Crippen MR) is 119 cm³/mol. The van der Waals surface area contributed by atoms with E-state index >= 15 is 0 Å². The molecule has 1 amide bonds. The number of nitrogens with zero attached hydrogens (tertiary/aromatic N) is 3. The van der Waals surface area contributed by atoms with Gasteiger partial charge in [-0.05, 0) is 41.8 Å². The molecule has 2 heterocycles. The van der Waals surface area contributed by atoms with Crippen LogP contribution >= 0.6 is 15.9 Å². The summed E-state index contributed by atoms with van der Waals surface area (Å²) >= 11 is 3.26. The fourth-order valence-electron chi connectivity index (χ4n) is 3.10. The Morgan fingerprint density at radius 2 is 1.97 bits per heavy atom. The van der Waals surface area contributed by atoms with E-state index in [1.54, 1.807) is 12.1 Å². The van der Waals surface area contributed by atoms with Crippen LogP contribution in [-0.4, -0.2) is 40.4 Å². The van der Waals surface area contributed by atoms with E-state index in [4.69, 9.17) is 0 Å². The first kappa shape index (κ1) is 23.9. The lowest BCUT2D eigenvalue weighted by Gasteiger charge is -2.29. The first-order valence-corrected chi connectivity index (χ1v) is 11.9. The van der Waals surface area contributed by atoms with Crippen molar-refractivity contribution in [1.82, 2.24) is 20.1 Å². The fraction of sp³-hybridized carbons (Fsp3) is 0.286. The van der Waals surface area contributed by atoms with Gasteiger partial charge in [-0.1, -0.05) is 42.8 Å². The molecule has 8 nitrogen and oxygen atoms in total. The van der Waals surface area contributed by atoms with Crippen LogP contribution in [0, 0.1) is 11.4 Å². The molecule has 2 aromatic heterocycles. The summed E-state index contributed by atoms with van der Waals surface area (Å²) in [5.74, 6) is -0.885. The summed E-state index contributed by atoms with van der Waals surface area (Å²) < 4.78 is 42.9. The van der Waals surface area contributed by atoms with Gasteiger partial charge in [0.05, 0.1) is 10.6 Å². The average molecular weight is 525 g/mol. The number of sulfone groups is 1. The van der Waals surface area contributed by atoms with Gasteiger partial charge in [-0.2, -0.15) is 9.49 Å². The van der Waals surface area contributed by atoms with Crippen LogP contribution in [0.15, 0.2) is 63.1 Å². The van der Waals surface area contributed by atoms with Crippen molar-refractivity contribution in [2.75, 3.05) is 0 Å². The van der Waals surface area contributed by atoms with Crippen LogP contribution < -0.4 is 5.32 Å². The number of halogens is 2. The number of hydrogen-bond donors (Lipinski definition) is 2. The van der Waals surface area contributed by atoms with Crippen LogP contribution in [0.5, 0.6) is 0 Å². The van der Waals surface area contributed by atoms with Crippen molar-refractivity contribution in [3.8, 4) is 5.69 Å².